The van der Waals surface area contributed by atoms with E-state index < -0.39 is 0 Å². The molecule has 0 N–H and O–H groups in total. The third-order valence-electron chi connectivity index (χ3n) is 0. The van der Waals surface area contributed by atoms with Crippen LogP contribution in [0.4, 0.5) is 0 Å². The molecule has 0 aliphatic heterocycles. The van der Waals surface area contributed by atoms with Crippen molar-refractivity contribution in [3.63, 3.8) is 0 Å². The average Bonchev–Trinajstić information content (AvgIpc) is 0. The molecule has 0 aromatic heterocycles. The van der Waals surface area contributed by atoms with Crippen molar-refractivity contribution >= 4 is 0 Å². The topological polar surface area (TPSA) is 57.0 Å². The zero-order valence-electron chi connectivity index (χ0n) is 1.98. The van der Waals surface area contributed by atoms with Crippen LogP contribution in [0.2, 0.25) is 0 Å². The maximum Gasteiger partial charge on any atom is 6.00 e. The van der Waals surface area contributed by atoms with Gasteiger partial charge >= 0.3 is 21.1 Å². The summed E-state index contributed by atoms with van der Waals surface area (Å²) in [7, 11) is 0. The molecule has 0 unspecified atom stereocenters. The fourth-order valence-electron chi connectivity index (χ4n) is 0. The maximum atomic E-state index is 0. The van der Waals surface area contributed by atoms with E-state index in [-0.39, 0.29) is 56.8 Å². The van der Waals surface area contributed by atoms with E-state index in [1.54, 1.807) is 0 Å². The van der Waals surface area contributed by atoms with Gasteiger partial charge in [-0.05, 0) is 0 Å². The summed E-state index contributed by atoms with van der Waals surface area (Å²) in [6.07, 6.45) is 0. The van der Waals surface area contributed by atoms with Gasteiger partial charge in [-0.25, -0.2) is 0 Å². The van der Waals surface area contributed by atoms with Crippen molar-refractivity contribution in [3.05, 3.63) is 0 Å². The Morgan fingerprint density at radius 2 is 0.600 bits per heavy atom. The van der Waals surface area contributed by atoms with E-state index in [0.717, 1.165) is 0 Å². The first-order valence-corrected chi connectivity index (χ1v) is 0. The standard InChI is InChI=1S/2ClH.Mo.2O/h2*1H;;;/q;;+6;2*-2/p-2. The second-order valence-corrected chi connectivity index (χ2v) is 0. The van der Waals surface area contributed by atoms with Crippen molar-refractivity contribution in [2.75, 3.05) is 0 Å². The van der Waals surface area contributed by atoms with Gasteiger partial charge in [-0.15, -0.1) is 0 Å². The predicted molar refractivity (Wildman–Crippen MR) is 1.37 cm³/mol. The Morgan fingerprint density at radius 1 is 0.600 bits per heavy atom. The van der Waals surface area contributed by atoms with Gasteiger partial charge in [0.2, 0.25) is 0 Å². The third kappa shape index (κ3) is 37.3. The van der Waals surface area contributed by atoms with Crippen LogP contribution in [0, 0.1) is 0 Å². The first-order chi connectivity index (χ1) is 0. The van der Waals surface area contributed by atoms with Gasteiger partial charge in [-0.1, -0.05) is 0 Å². The van der Waals surface area contributed by atoms with Crippen LogP contribution < -0.4 is 24.8 Å². The van der Waals surface area contributed by atoms with Crippen LogP contribution in [0.15, 0.2) is 0 Å². The Morgan fingerprint density at radius 3 is 0.600 bits per heavy atom. The van der Waals surface area contributed by atoms with E-state index in [0.29, 0.717) is 0 Å². The summed E-state index contributed by atoms with van der Waals surface area (Å²) in [5.41, 5.74) is 0. The van der Waals surface area contributed by atoms with Crippen molar-refractivity contribution in [1.29, 1.82) is 0 Å². The third-order valence-corrected chi connectivity index (χ3v) is 0. The van der Waals surface area contributed by atoms with Gasteiger partial charge in [0.25, 0.3) is 0 Å². The molecule has 0 aliphatic rings. The molecule has 5 heteroatoms. The van der Waals surface area contributed by atoms with E-state index in [1.807, 2.05) is 0 Å². The summed E-state index contributed by atoms with van der Waals surface area (Å²) in [5.74, 6) is 0. The van der Waals surface area contributed by atoms with Crippen molar-refractivity contribution in [3.8, 4) is 0 Å². The van der Waals surface area contributed by atoms with Gasteiger partial charge in [-0.2, -0.15) is 0 Å². The number of hydrogen-bond acceptors (Lipinski definition) is 0. The Kier molecular flexibility index (Phi) is 1520. The number of rotatable bonds is 0. The molecule has 0 heterocycles. The molecule has 2 nitrogen and oxygen atoms in total. The SMILES string of the molecule is [Cl-].[Cl-].[Mo+6].[O-2].[O-2]. The maximum absolute atomic E-state index is 0. The smallest absolute Gasteiger partial charge is 2.00 e. The molecule has 0 saturated carbocycles. The van der Waals surface area contributed by atoms with Gasteiger partial charge in [0.15, 0.2) is 0 Å². The molecule has 0 aromatic rings. The second kappa shape index (κ2) is 64.5. The summed E-state index contributed by atoms with van der Waals surface area (Å²) in [6.45, 7) is 0. The summed E-state index contributed by atoms with van der Waals surface area (Å²) < 4.78 is 0. The molecule has 0 saturated heterocycles. The predicted octanol–water partition coefficient (Wildman–Crippen LogP) is -6.23. The fraction of sp³-hybridized carbons (Fsp3) is 0. The van der Waals surface area contributed by atoms with Gasteiger partial charge in [0.05, 0.1) is 0 Å². The molecule has 0 radical (unpaired) electrons. The second-order valence-electron chi connectivity index (χ2n) is 0. The van der Waals surface area contributed by atoms with Crippen molar-refractivity contribution in [1.82, 2.24) is 0 Å². The summed E-state index contributed by atoms with van der Waals surface area (Å²) in [4.78, 5) is 0. The van der Waals surface area contributed by atoms with E-state index >= 15 is 0 Å². The summed E-state index contributed by atoms with van der Waals surface area (Å²) in [5, 5.41) is 0. The fourth-order valence-corrected chi connectivity index (χ4v) is 0. The van der Waals surface area contributed by atoms with Gasteiger partial charge in [0.1, 0.15) is 0 Å². The Hall–Kier alpha value is 1.19. The molecule has 0 amide bonds. The minimum atomic E-state index is 0. The molecule has 0 fully saturated rings. The van der Waals surface area contributed by atoms with Crippen LogP contribution in [0.1, 0.15) is 0 Å². The zero-order chi connectivity index (χ0) is 0. The minimum Gasteiger partial charge on any atom is -2.00 e. The molecule has 0 aliphatic carbocycles. The minimum absolute atomic E-state index is 0. The quantitative estimate of drug-likeness (QED) is 0.348. The Labute approximate surface area is 57.0 Å². The molecular weight excluding hydrogens is 199 g/mol. The Bertz CT molecular complexity index is 7.61. The molecule has 5 heavy (non-hydrogen) atoms. The van der Waals surface area contributed by atoms with E-state index in [9.17, 15) is 0 Å². The van der Waals surface area contributed by atoms with Crippen LogP contribution in [-0.2, 0) is 32.0 Å². The largest absolute Gasteiger partial charge is 6.00 e. The first-order valence-electron chi connectivity index (χ1n) is 0. The van der Waals surface area contributed by atoms with Crippen LogP contribution in [0.5, 0.6) is 0 Å². The van der Waals surface area contributed by atoms with Crippen LogP contribution in [0.3, 0.4) is 0 Å². The molecule has 0 bridgehead atoms. The molecule has 0 spiro atoms. The molecule has 32 valence electrons. The van der Waals surface area contributed by atoms with Gasteiger partial charge in [-0.3, -0.25) is 0 Å². The molecular formula is Cl2MoO2. The molecule has 0 atom stereocenters. The van der Waals surface area contributed by atoms with Crippen LogP contribution in [-0.4, -0.2) is 0 Å². The molecule has 0 aromatic carbocycles. The van der Waals surface area contributed by atoms with Crippen LogP contribution in [0.25, 0.3) is 0 Å². The number of halogens is 2. The van der Waals surface area contributed by atoms with Gasteiger partial charge in [0, 0.05) is 0 Å². The van der Waals surface area contributed by atoms with Crippen LogP contribution >= 0.6 is 0 Å². The Balaban J connectivity index is 0. The first kappa shape index (κ1) is 118. The average molecular weight is 199 g/mol. The van der Waals surface area contributed by atoms with E-state index in [1.165, 1.54) is 0 Å². The van der Waals surface area contributed by atoms with Crippen molar-refractivity contribution in [2.45, 2.75) is 0 Å². The number of hydrogen-bond donors (Lipinski definition) is 0. The summed E-state index contributed by atoms with van der Waals surface area (Å²) >= 11 is 0. The van der Waals surface area contributed by atoms with Crippen molar-refractivity contribution < 1.29 is 56.8 Å². The van der Waals surface area contributed by atoms with Gasteiger partial charge < -0.3 is 35.8 Å². The van der Waals surface area contributed by atoms with E-state index in [4.69, 9.17) is 0 Å². The molecule has 0 rings (SSSR count). The normalized spacial score (nSPS) is 0. The van der Waals surface area contributed by atoms with E-state index in [2.05, 4.69) is 0 Å². The monoisotopic (exact) mass is 200 g/mol. The summed E-state index contributed by atoms with van der Waals surface area (Å²) in [6, 6.07) is 0. The zero-order valence-corrected chi connectivity index (χ0v) is 5.50. The van der Waals surface area contributed by atoms with Crippen molar-refractivity contribution in [2.24, 2.45) is 0 Å².